The largest absolute Gasteiger partial charge is 0.417 e. The number of hydrogen-bond acceptors (Lipinski definition) is 4. The summed E-state index contributed by atoms with van der Waals surface area (Å²) in [4.78, 5) is 15.9. The molecule has 3 aromatic rings. The molecule has 1 saturated heterocycles. The Bertz CT molecular complexity index is 1240. The molecule has 4 rings (SSSR count). The van der Waals surface area contributed by atoms with E-state index < -0.39 is 28.7 Å². The zero-order valence-corrected chi connectivity index (χ0v) is 16.6. The number of halogens is 3. The van der Waals surface area contributed by atoms with Crippen molar-refractivity contribution in [2.75, 3.05) is 9.80 Å². The van der Waals surface area contributed by atoms with Crippen molar-refractivity contribution in [2.24, 2.45) is 0 Å². The predicted molar refractivity (Wildman–Crippen MR) is 109 cm³/mol. The van der Waals surface area contributed by atoms with Gasteiger partial charge in [0.15, 0.2) is 5.11 Å². The molecule has 0 aliphatic carbocycles. The zero-order valence-electron chi connectivity index (χ0n) is 15.8. The lowest BCUT2D eigenvalue weighted by Gasteiger charge is -2.29. The van der Waals surface area contributed by atoms with Crippen LogP contribution in [-0.2, 0) is 11.0 Å². The molecule has 1 amide bonds. The number of anilines is 2. The number of amides is 1. The molecule has 30 heavy (non-hydrogen) atoms. The van der Waals surface area contributed by atoms with Crippen LogP contribution in [0.2, 0.25) is 0 Å². The number of thiocarbonyl (C=S) groups is 1. The van der Waals surface area contributed by atoms with E-state index in [0.29, 0.717) is 5.69 Å². The first-order chi connectivity index (χ1) is 14.1. The van der Waals surface area contributed by atoms with Gasteiger partial charge in [0.2, 0.25) is 0 Å². The van der Waals surface area contributed by atoms with Crippen LogP contribution in [0.25, 0.3) is 10.9 Å². The number of benzene rings is 2. The van der Waals surface area contributed by atoms with Crippen molar-refractivity contribution < 1.29 is 18.0 Å². The maximum Gasteiger partial charge on any atom is 0.417 e. The summed E-state index contributed by atoms with van der Waals surface area (Å²) in [5, 5.41) is 16.7. The van der Waals surface area contributed by atoms with E-state index in [1.165, 1.54) is 12.1 Å². The lowest BCUT2D eigenvalue weighted by Crippen LogP contribution is -2.44. The zero-order chi connectivity index (χ0) is 21.8. The Labute approximate surface area is 174 Å². The van der Waals surface area contributed by atoms with Crippen molar-refractivity contribution in [3.05, 3.63) is 53.7 Å². The van der Waals surface area contributed by atoms with Crippen LogP contribution in [0, 0.1) is 11.3 Å². The fourth-order valence-corrected chi connectivity index (χ4v) is 4.05. The molecular weight excluding hydrogens is 415 g/mol. The van der Waals surface area contributed by atoms with Gasteiger partial charge in [0.05, 0.1) is 34.6 Å². The van der Waals surface area contributed by atoms with Gasteiger partial charge in [-0.3, -0.25) is 14.8 Å². The van der Waals surface area contributed by atoms with E-state index in [9.17, 15) is 18.0 Å². The van der Waals surface area contributed by atoms with Gasteiger partial charge in [-0.25, -0.2) is 0 Å². The highest BCUT2D eigenvalue weighted by atomic mass is 32.1. The minimum Gasteiger partial charge on any atom is -0.304 e. The van der Waals surface area contributed by atoms with Gasteiger partial charge < -0.3 is 4.90 Å². The van der Waals surface area contributed by atoms with Crippen LogP contribution < -0.4 is 9.80 Å². The maximum absolute atomic E-state index is 13.4. The first-order valence-corrected chi connectivity index (χ1v) is 9.20. The molecule has 2 heterocycles. The fraction of sp³-hybridized carbons (Fsp3) is 0.200. The molecule has 152 valence electrons. The highest BCUT2D eigenvalue weighted by molar-refractivity contribution is 7.81. The molecule has 0 spiro atoms. The Morgan fingerprint density at radius 2 is 1.87 bits per heavy atom. The second kappa shape index (κ2) is 6.53. The van der Waals surface area contributed by atoms with Gasteiger partial charge >= 0.3 is 6.18 Å². The molecule has 2 aromatic carbocycles. The van der Waals surface area contributed by atoms with Gasteiger partial charge in [0.1, 0.15) is 5.54 Å². The summed E-state index contributed by atoms with van der Waals surface area (Å²) in [7, 11) is 0. The van der Waals surface area contributed by atoms with Gasteiger partial charge in [-0.2, -0.15) is 23.5 Å². The third-order valence-corrected chi connectivity index (χ3v) is 5.40. The van der Waals surface area contributed by atoms with Crippen molar-refractivity contribution in [3.8, 4) is 6.07 Å². The van der Waals surface area contributed by atoms with Crippen molar-refractivity contribution >= 4 is 45.5 Å². The van der Waals surface area contributed by atoms with E-state index in [0.717, 1.165) is 27.9 Å². The number of fused-ring (bicyclic) bond motifs is 1. The summed E-state index contributed by atoms with van der Waals surface area (Å²) in [6.07, 6.45) is -3.12. The Hall–Kier alpha value is -3.45. The monoisotopic (exact) mass is 429 g/mol. The number of H-pyrrole nitrogens is 1. The van der Waals surface area contributed by atoms with Gasteiger partial charge in [0, 0.05) is 11.1 Å². The Morgan fingerprint density at radius 1 is 1.17 bits per heavy atom. The maximum atomic E-state index is 13.4. The van der Waals surface area contributed by atoms with Crippen LogP contribution in [0.4, 0.5) is 24.5 Å². The van der Waals surface area contributed by atoms with Crippen LogP contribution in [0.15, 0.2) is 42.6 Å². The molecule has 0 unspecified atom stereocenters. The quantitative estimate of drug-likeness (QED) is 0.613. The average molecular weight is 429 g/mol. The molecule has 0 saturated carbocycles. The summed E-state index contributed by atoms with van der Waals surface area (Å²) < 4.78 is 40.2. The highest BCUT2D eigenvalue weighted by Crippen LogP contribution is 2.40. The van der Waals surface area contributed by atoms with Crippen molar-refractivity contribution in [3.63, 3.8) is 0 Å². The van der Waals surface area contributed by atoms with Gasteiger partial charge in [-0.15, -0.1) is 0 Å². The molecule has 1 fully saturated rings. The molecular formula is C20H14F3N5OS. The number of hydrogen-bond donors (Lipinski definition) is 1. The third kappa shape index (κ3) is 2.90. The number of nitriles is 1. The second-order valence-electron chi connectivity index (χ2n) is 7.30. The summed E-state index contributed by atoms with van der Waals surface area (Å²) >= 11 is 5.51. The van der Waals surface area contributed by atoms with Crippen molar-refractivity contribution in [1.29, 1.82) is 5.26 Å². The van der Waals surface area contributed by atoms with Crippen LogP contribution in [0.3, 0.4) is 0 Å². The van der Waals surface area contributed by atoms with Crippen LogP contribution in [0.5, 0.6) is 0 Å². The van der Waals surface area contributed by atoms with E-state index >= 15 is 0 Å². The highest BCUT2D eigenvalue weighted by Gasteiger charge is 2.50. The van der Waals surface area contributed by atoms with E-state index in [1.54, 1.807) is 43.1 Å². The molecule has 0 bridgehead atoms. The number of nitrogens with zero attached hydrogens (tertiary/aromatic N) is 4. The average Bonchev–Trinajstić information content (AvgIpc) is 3.21. The molecule has 10 heteroatoms. The van der Waals surface area contributed by atoms with Gasteiger partial charge in [-0.05, 0) is 62.5 Å². The van der Waals surface area contributed by atoms with E-state index in [-0.39, 0.29) is 10.8 Å². The number of nitrogens with one attached hydrogen (secondary N) is 1. The second-order valence-corrected chi connectivity index (χ2v) is 7.66. The van der Waals surface area contributed by atoms with Crippen LogP contribution in [0.1, 0.15) is 25.0 Å². The number of aromatic nitrogens is 2. The topological polar surface area (TPSA) is 76.0 Å². The third-order valence-electron chi connectivity index (χ3n) is 5.04. The Balaban J connectivity index is 1.82. The SMILES string of the molecule is CC1(C)C(=O)N(c2ccc(C#N)c(C(F)(F)F)c2)C(=S)N1c1ccc2[nH]ncc2c1. The molecule has 1 N–H and O–H groups in total. The summed E-state index contributed by atoms with van der Waals surface area (Å²) in [5.41, 5.74) is -1.41. The molecule has 0 atom stereocenters. The predicted octanol–water partition coefficient (Wildman–Crippen LogP) is 4.37. The first-order valence-electron chi connectivity index (χ1n) is 8.79. The lowest BCUT2D eigenvalue weighted by atomic mass is 10.0. The normalized spacial score (nSPS) is 16.4. The van der Waals surface area contributed by atoms with Crippen LogP contribution >= 0.6 is 12.2 Å². The molecule has 0 radical (unpaired) electrons. The summed E-state index contributed by atoms with van der Waals surface area (Å²) in [6, 6.07) is 9.98. The Kier molecular flexibility index (Phi) is 4.32. The summed E-state index contributed by atoms with van der Waals surface area (Å²) in [5.74, 6) is -0.474. The summed E-state index contributed by atoms with van der Waals surface area (Å²) in [6.45, 7) is 3.30. The minimum atomic E-state index is -4.74. The number of carbonyl (C=O) groups is 1. The number of rotatable bonds is 2. The van der Waals surface area contributed by atoms with E-state index in [4.69, 9.17) is 17.5 Å². The van der Waals surface area contributed by atoms with Gasteiger partial charge in [-0.1, -0.05) is 0 Å². The molecule has 1 aromatic heterocycles. The molecule has 1 aliphatic rings. The minimum absolute atomic E-state index is 0.0451. The lowest BCUT2D eigenvalue weighted by molar-refractivity contribution is -0.137. The standard InChI is InChI=1S/C20H14F3N5OS/c1-19(2)17(29)27(13-4-3-11(9-24)15(8-13)20(21,22)23)18(30)28(19)14-5-6-16-12(7-14)10-25-26-16/h3-8,10H,1-2H3,(H,25,26). The van der Waals surface area contributed by atoms with Crippen molar-refractivity contribution in [2.45, 2.75) is 25.6 Å². The number of aromatic amines is 1. The van der Waals surface area contributed by atoms with E-state index in [2.05, 4.69) is 10.2 Å². The number of carbonyl (C=O) groups excluding carboxylic acids is 1. The first kappa shape index (κ1) is 19.8. The molecule has 1 aliphatic heterocycles. The molecule has 6 nitrogen and oxygen atoms in total. The van der Waals surface area contributed by atoms with E-state index in [1.807, 2.05) is 0 Å². The fourth-order valence-electron chi connectivity index (χ4n) is 3.53. The van der Waals surface area contributed by atoms with Crippen LogP contribution in [-0.4, -0.2) is 26.8 Å². The van der Waals surface area contributed by atoms with Gasteiger partial charge in [0.25, 0.3) is 5.91 Å². The van der Waals surface area contributed by atoms with Crippen molar-refractivity contribution in [1.82, 2.24) is 10.2 Å². The number of alkyl halides is 3. The Morgan fingerprint density at radius 3 is 2.53 bits per heavy atom. The smallest absolute Gasteiger partial charge is 0.304 e.